The van der Waals surface area contributed by atoms with Gasteiger partial charge in [0.05, 0.1) is 5.69 Å². The molecule has 3 aromatic rings. The molecule has 4 heteroatoms. The Hall–Kier alpha value is -2.62. The molecule has 0 radical (unpaired) electrons. The van der Waals surface area contributed by atoms with Gasteiger partial charge in [-0.25, -0.2) is 0 Å². The van der Waals surface area contributed by atoms with Gasteiger partial charge in [0.2, 0.25) is 0 Å². The number of hydrogen-bond donors (Lipinski definition) is 2. The van der Waals surface area contributed by atoms with E-state index in [9.17, 15) is 5.11 Å². The van der Waals surface area contributed by atoms with E-state index in [1.54, 1.807) is 24.3 Å². The van der Waals surface area contributed by atoms with E-state index in [0.29, 0.717) is 12.6 Å². The fraction of sp³-hybridized carbons (Fsp3) is 0.222. The number of phenols is 1. The van der Waals surface area contributed by atoms with Gasteiger partial charge in [-0.15, -0.1) is 0 Å². The van der Waals surface area contributed by atoms with Gasteiger partial charge in [-0.1, -0.05) is 0 Å². The molecule has 3 N–H and O–H groups in total. The van der Waals surface area contributed by atoms with Gasteiger partial charge in [0.1, 0.15) is 18.1 Å². The fourth-order valence-electron chi connectivity index (χ4n) is 2.73. The van der Waals surface area contributed by atoms with Crippen molar-refractivity contribution < 1.29 is 9.84 Å². The number of ether oxygens (including phenoxy) is 1. The number of hydrogen-bond acceptors (Lipinski definition) is 3. The molecule has 0 spiro atoms. The third-order valence-corrected chi connectivity index (χ3v) is 3.68. The summed E-state index contributed by atoms with van der Waals surface area (Å²) in [6.07, 6.45) is 0. The Morgan fingerprint density at radius 1 is 1.09 bits per heavy atom. The standard InChI is InChI=1S/C18H20N2O2/c1-12(2)20-15(10-13-9-14(19)3-8-18(13)20)11-22-17-6-4-16(21)5-7-17/h3-10,12,21H,11,19H2,1-2H3. The van der Waals surface area contributed by atoms with Crippen LogP contribution < -0.4 is 10.5 Å². The minimum Gasteiger partial charge on any atom is -0.508 e. The number of aromatic hydroxyl groups is 1. The molecule has 3 rings (SSSR count). The smallest absolute Gasteiger partial charge is 0.128 e. The number of aromatic nitrogens is 1. The first-order valence-corrected chi connectivity index (χ1v) is 7.36. The Balaban J connectivity index is 1.92. The number of fused-ring (bicyclic) bond motifs is 1. The maximum atomic E-state index is 9.31. The molecule has 0 amide bonds. The van der Waals surface area contributed by atoms with Crippen LogP contribution in [0.3, 0.4) is 0 Å². The molecule has 1 heterocycles. The van der Waals surface area contributed by atoms with Crippen LogP contribution in [0.25, 0.3) is 10.9 Å². The Labute approximate surface area is 129 Å². The molecule has 4 nitrogen and oxygen atoms in total. The summed E-state index contributed by atoms with van der Waals surface area (Å²) < 4.78 is 8.09. The van der Waals surface area contributed by atoms with Crippen molar-refractivity contribution in [1.82, 2.24) is 4.57 Å². The summed E-state index contributed by atoms with van der Waals surface area (Å²) in [6, 6.07) is 15.2. The highest BCUT2D eigenvalue weighted by Crippen LogP contribution is 2.27. The van der Waals surface area contributed by atoms with Crippen molar-refractivity contribution in [1.29, 1.82) is 0 Å². The average molecular weight is 296 g/mol. The Morgan fingerprint density at radius 2 is 1.82 bits per heavy atom. The van der Waals surface area contributed by atoms with E-state index < -0.39 is 0 Å². The third-order valence-electron chi connectivity index (χ3n) is 3.68. The van der Waals surface area contributed by atoms with Gasteiger partial charge in [0, 0.05) is 22.6 Å². The predicted molar refractivity (Wildman–Crippen MR) is 89.2 cm³/mol. The van der Waals surface area contributed by atoms with E-state index >= 15 is 0 Å². The van der Waals surface area contributed by atoms with Crippen molar-refractivity contribution in [3.05, 3.63) is 54.2 Å². The zero-order valence-corrected chi connectivity index (χ0v) is 12.8. The van der Waals surface area contributed by atoms with Gasteiger partial charge in [-0.3, -0.25) is 0 Å². The quantitative estimate of drug-likeness (QED) is 0.713. The van der Waals surface area contributed by atoms with Crippen molar-refractivity contribution >= 4 is 16.6 Å². The monoisotopic (exact) mass is 296 g/mol. The molecule has 22 heavy (non-hydrogen) atoms. The summed E-state index contributed by atoms with van der Waals surface area (Å²) in [6.45, 7) is 4.78. The van der Waals surface area contributed by atoms with E-state index in [-0.39, 0.29) is 5.75 Å². The molecule has 0 bridgehead atoms. The molecule has 0 atom stereocenters. The number of nitrogens with two attached hydrogens (primary N) is 1. The average Bonchev–Trinajstić information content (AvgIpc) is 2.84. The summed E-state index contributed by atoms with van der Waals surface area (Å²) in [5, 5.41) is 10.4. The van der Waals surface area contributed by atoms with Crippen LogP contribution in [-0.2, 0) is 6.61 Å². The lowest BCUT2D eigenvalue weighted by Crippen LogP contribution is -2.08. The topological polar surface area (TPSA) is 60.4 Å². The minimum absolute atomic E-state index is 0.235. The number of phenolic OH excluding ortho intramolecular Hbond substituents is 1. The zero-order valence-electron chi connectivity index (χ0n) is 12.8. The van der Waals surface area contributed by atoms with Crippen LogP contribution >= 0.6 is 0 Å². The first kappa shape index (κ1) is 14.3. The maximum Gasteiger partial charge on any atom is 0.128 e. The molecule has 0 saturated carbocycles. The van der Waals surface area contributed by atoms with Crippen LogP contribution in [0.1, 0.15) is 25.6 Å². The third kappa shape index (κ3) is 2.72. The number of nitrogens with zero attached hydrogens (tertiary/aromatic N) is 1. The number of rotatable bonds is 4. The van der Waals surface area contributed by atoms with Crippen LogP contribution in [-0.4, -0.2) is 9.67 Å². The van der Waals surface area contributed by atoms with Gasteiger partial charge in [0.15, 0.2) is 0 Å². The minimum atomic E-state index is 0.235. The highest BCUT2D eigenvalue weighted by molar-refractivity contribution is 5.84. The van der Waals surface area contributed by atoms with Gasteiger partial charge in [0.25, 0.3) is 0 Å². The normalized spacial score (nSPS) is 11.2. The van der Waals surface area contributed by atoms with Crippen molar-refractivity contribution in [2.45, 2.75) is 26.5 Å². The molecule has 0 fully saturated rings. The van der Waals surface area contributed by atoms with Crippen LogP contribution in [0.2, 0.25) is 0 Å². The van der Waals surface area contributed by atoms with Crippen molar-refractivity contribution in [3.63, 3.8) is 0 Å². The zero-order chi connectivity index (χ0) is 15.7. The molecule has 0 aliphatic carbocycles. The SMILES string of the molecule is CC(C)n1c(COc2ccc(O)cc2)cc2cc(N)ccc21. The van der Waals surface area contributed by atoms with Crippen LogP contribution in [0.4, 0.5) is 5.69 Å². The predicted octanol–water partition coefficient (Wildman–Crippen LogP) is 4.09. The van der Waals surface area contributed by atoms with Crippen LogP contribution in [0, 0.1) is 0 Å². The molecule has 114 valence electrons. The second-order valence-electron chi connectivity index (χ2n) is 5.70. The first-order chi connectivity index (χ1) is 10.5. The number of anilines is 1. The molecule has 0 saturated heterocycles. The van der Waals surface area contributed by atoms with Crippen molar-refractivity contribution in [3.8, 4) is 11.5 Å². The van der Waals surface area contributed by atoms with E-state index in [4.69, 9.17) is 10.5 Å². The van der Waals surface area contributed by atoms with Gasteiger partial charge in [-0.05, 0) is 62.4 Å². The second-order valence-corrected chi connectivity index (χ2v) is 5.70. The number of benzene rings is 2. The van der Waals surface area contributed by atoms with Crippen molar-refractivity contribution in [2.75, 3.05) is 5.73 Å². The van der Waals surface area contributed by atoms with Crippen LogP contribution in [0.15, 0.2) is 48.5 Å². The summed E-state index contributed by atoms with van der Waals surface area (Å²) in [4.78, 5) is 0. The van der Waals surface area contributed by atoms with Gasteiger partial charge in [-0.2, -0.15) is 0 Å². The summed E-state index contributed by atoms with van der Waals surface area (Å²) in [7, 11) is 0. The van der Waals surface area contributed by atoms with E-state index in [1.165, 1.54) is 0 Å². The molecule has 0 aliphatic heterocycles. The lowest BCUT2D eigenvalue weighted by molar-refractivity contribution is 0.292. The number of nitrogen functional groups attached to an aromatic ring is 1. The maximum absolute atomic E-state index is 9.31. The highest BCUT2D eigenvalue weighted by atomic mass is 16.5. The molecule has 1 aromatic heterocycles. The van der Waals surface area contributed by atoms with E-state index in [1.807, 2.05) is 12.1 Å². The Morgan fingerprint density at radius 3 is 2.50 bits per heavy atom. The fourth-order valence-corrected chi connectivity index (χ4v) is 2.73. The van der Waals surface area contributed by atoms with E-state index in [2.05, 4.69) is 30.5 Å². The lowest BCUT2D eigenvalue weighted by atomic mass is 10.2. The molecule has 0 unspecified atom stereocenters. The summed E-state index contributed by atoms with van der Waals surface area (Å²) in [5.41, 5.74) is 8.90. The summed E-state index contributed by atoms with van der Waals surface area (Å²) >= 11 is 0. The Kier molecular flexibility index (Phi) is 3.67. The molecular formula is C18H20N2O2. The lowest BCUT2D eigenvalue weighted by Gasteiger charge is -2.15. The highest BCUT2D eigenvalue weighted by Gasteiger charge is 2.12. The second kappa shape index (κ2) is 5.64. The van der Waals surface area contributed by atoms with Gasteiger partial charge < -0.3 is 20.1 Å². The van der Waals surface area contributed by atoms with Gasteiger partial charge >= 0.3 is 0 Å². The molecular weight excluding hydrogens is 276 g/mol. The summed E-state index contributed by atoms with van der Waals surface area (Å²) in [5.74, 6) is 0.969. The largest absolute Gasteiger partial charge is 0.508 e. The van der Waals surface area contributed by atoms with E-state index in [0.717, 1.165) is 28.0 Å². The molecule has 2 aromatic carbocycles. The van der Waals surface area contributed by atoms with Crippen LogP contribution in [0.5, 0.6) is 11.5 Å². The van der Waals surface area contributed by atoms with Crippen molar-refractivity contribution in [2.24, 2.45) is 0 Å². The Bertz CT molecular complexity index is 789. The molecule has 0 aliphatic rings. The first-order valence-electron chi connectivity index (χ1n) is 7.36.